The monoisotopic (exact) mass is 607 g/mol. The van der Waals surface area contributed by atoms with Crippen LogP contribution >= 0.6 is 0 Å². The molecule has 4 amide bonds. The normalized spacial score (nSPS) is 18.4. The summed E-state index contributed by atoms with van der Waals surface area (Å²) in [6.07, 6.45) is 6.77. The second-order valence-corrected chi connectivity index (χ2v) is 11.0. The summed E-state index contributed by atoms with van der Waals surface area (Å²) >= 11 is 0. The molecule has 2 atom stereocenters. The Bertz CT molecular complexity index is 1730. The maximum absolute atomic E-state index is 14.2. The van der Waals surface area contributed by atoms with E-state index in [1.54, 1.807) is 62.0 Å². The lowest BCUT2D eigenvalue weighted by Gasteiger charge is -2.54. The average Bonchev–Trinajstić information content (AvgIpc) is 3.43. The number of nitrogens with zero attached hydrogens (tertiary/aromatic N) is 6. The third kappa shape index (κ3) is 6.18. The number of aromatic hydroxyl groups is 1. The molecule has 45 heavy (non-hydrogen) atoms. The number of rotatable bonds is 7. The molecule has 0 saturated carbocycles. The van der Waals surface area contributed by atoms with Crippen LogP contribution in [0.4, 0.5) is 4.79 Å². The van der Waals surface area contributed by atoms with E-state index in [1.165, 1.54) is 0 Å². The summed E-state index contributed by atoms with van der Waals surface area (Å²) in [6, 6.07) is 20.7. The number of piperazine rings is 1. The van der Waals surface area contributed by atoms with Crippen LogP contribution in [-0.4, -0.2) is 84.9 Å². The summed E-state index contributed by atoms with van der Waals surface area (Å²) in [5, 5.41) is 21.3. The average molecular weight is 608 g/mol. The number of likely N-dealkylation sites (N-methyl/N-ethyl adjacent to an activating group) is 1. The largest absolute Gasteiger partial charge is 0.508 e. The Kier molecular flexibility index (Phi) is 9.06. The van der Waals surface area contributed by atoms with Crippen molar-refractivity contribution in [3.8, 4) is 18.1 Å². The van der Waals surface area contributed by atoms with Gasteiger partial charge in [0, 0.05) is 31.9 Å². The number of terminal acetylenes is 1. The van der Waals surface area contributed by atoms with Gasteiger partial charge >= 0.3 is 6.03 Å². The Labute approximate surface area is 262 Å². The third-order valence-electron chi connectivity index (χ3n) is 8.18. The van der Waals surface area contributed by atoms with Crippen molar-refractivity contribution in [3.63, 3.8) is 0 Å². The highest BCUT2D eigenvalue weighted by Crippen LogP contribution is 2.30. The van der Waals surface area contributed by atoms with Gasteiger partial charge in [0.2, 0.25) is 11.8 Å². The number of amides is 4. The van der Waals surface area contributed by atoms with Gasteiger partial charge in [-0.1, -0.05) is 67.9 Å². The summed E-state index contributed by atoms with van der Waals surface area (Å²) < 4.78 is 1.74. The van der Waals surface area contributed by atoms with Gasteiger partial charge in [0.05, 0.1) is 24.8 Å². The zero-order chi connectivity index (χ0) is 30.8. The molecule has 2 aliphatic heterocycles. The van der Waals surface area contributed by atoms with E-state index >= 15 is 0 Å². The number of hydrazine groups is 1. The minimum atomic E-state index is -0.854. The number of hydrogen-bond acceptors (Lipinski definition) is 6. The Balaban J connectivity index is 0.00000400. The number of benzene rings is 3. The van der Waals surface area contributed by atoms with Gasteiger partial charge in [0.15, 0.2) is 0 Å². The Hall–Kier alpha value is -5.34. The van der Waals surface area contributed by atoms with Gasteiger partial charge < -0.3 is 20.2 Å². The van der Waals surface area contributed by atoms with Crippen LogP contribution in [0.1, 0.15) is 24.1 Å². The van der Waals surface area contributed by atoms with Gasteiger partial charge in [-0.25, -0.2) is 14.8 Å². The predicted molar refractivity (Wildman–Crippen MR) is 170 cm³/mol. The van der Waals surface area contributed by atoms with Crippen molar-refractivity contribution in [1.82, 2.24) is 34.9 Å². The van der Waals surface area contributed by atoms with E-state index in [2.05, 4.69) is 16.3 Å². The van der Waals surface area contributed by atoms with Gasteiger partial charge in [0.25, 0.3) is 0 Å². The molecule has 2 aliphatic rings. The summed E-state index contributed by atoms with van der Waals surface area (Å²) in [4.78, 5) is 44.8. The Morgan fingerprint density at radius 3 is 2.53 bits per heavy atom. The Morgan fingerprint density at radius 2 is 1.80 bits per heavy atom. The molecule has 6 rings (SSSR count). The number of carbonyl (C=O) groups excluding carboxylic acids is 3. The second-order valence-electron chi connectivity index (χ2n) is 11.0. The van der Waals surface area contributed by atoms with Crippen LogP contribution in [-0.2, 0) is 35.6 Å². The van der Waals surface area contributed by atoms with Crippen molar-refractivity contribution < 1.29 is 19.5 Å². The van der Waals surface area contributed by atoms with Crippen LogP contribution in [0.5, 0.6) is 5.75 Å². The minimum Gasteiger partial charge on any atom is -0.508 e. The molecule has 3 heterocycles. The summed E-state index contributed by atoms with van der Waals surface area (Å²) in [6.45, 7) is 0.958. The smallest absolute Gasteiger partial charge is 0.334 e. The van der Waals surface area contributed by atoms with Crippen molar-refractivity contribution in [1.29, 1.82) is 0 Å². The summed E-state index contributed by atoms with van der Waals surface area (Å²) in [5.41, 5.74) is 3.47. The number of fused-ring (bicyclic) bond motifs is 2. The molecule has 0 bridgehead atoms. The fraction of sp³-hybridized carbons (Fsp3) is 0.294. The molecule has 0 spiro atoms. The standard InChI is InChI=1S/C33H33N7O4.CH4/c1-3-16-38-28-11-7-10-25(27(28)19-35-38)20-37-21-30-39(29(32(37)43)17-23-12-14-26(41)15-13-23)31(42)22-36(2)40(30)33(44)34-18-24-8-5-4-6-9-24;/h1,4-15,19,29-30,41H,16-18,20-22H2,2H3,(H,34,44);1H4/t29-,30-;/m0./s1. The molecule has 0 aliphatic carbocycles. The number of nitrogens with one attached hydrogen (secondary N) is 1. The van der Waals surface area contributed by atoms with Crippen LogP contribution in [0.3, 0.4) is 0 Å². The first-order valence-corrected chi connectivity index (χ1v) is 14.4. The molecular weight excluding hydrogens is 570 g/mol. The van der Waals surface area contributed by atoms with Crippen LogP contribution in [0.2, 0.25) is 0 Å². The number of hydrogen-bond donors (Lipinski definition) is 2. The first-order valence-electron chi connectivity index (χ1n) is 14.4. The first kappa shape index (κ1) is 31.1. The van der Waals surface area contributed by atoms with Crippen molar-refractivity contribution in [2.45, 2.75) is 45.7 Å². The van der Waals surface area contributed by atoms with E-state index in [-0.39, 0.29) is 57.1 Å². The van der Waals surface area contributed by atoms with E-state index in [9.17, 15) is 19.5 Å². The molecule has 0 radical (unpaired) electrons. The molecule has 11 nitrogen and oxygen atoms in total. The molecule has 2 saturated heterocycles. The van der Waals surface area contributed by atoms with E-state index in [0.29, 0.717) is 13.1 Å². The number of urea groups is 1. The van der Waals surface area contributed by atoms with Crippen molar-refractivity contribution in [3.05, 3.63) is 95.7 Å². The lowest BCUT2D eigenvalue weighted by atomic mass is 9.98. The van der Waals surface area contributed by atoms with Gasteiger partial charge in [-0.05, 0) is 34.9 Å². The minimum absolute atomic E-state index is 0. The zero-order valence-corrected chi connectivity index (χ0v) is 24.3. The van der Waals surface area contributed by atoms with Gasteiger partial charge in [-0.15, -0.1) is 6.42 Å². The molecule has 4 aromatic rings. The fourth-order valence-corrected chi connectivity index (χ4v) is 6.08. The van der Waals surface area contributed by atoms with Crippen LogP contribution < -0.4 is 5.32 Å². The molecule has 232 valence electrons. The van der Waals surface area contributed by atoms with Crippen LogP contribution in [0.15, 0.2) is 79.0 Å². The highest BCUT2D eigenvalue weighted by atomic mass is 16.3. The van der Waals surface area contributed by atoms with Crippen LogP contribution in [0.25, 0.3) is 10.9 Å². The first-order chi connectivity index (χ1) is 21.3. The third-order valence-corrected chi connectivity index (χ3v) is 8.18. The predicted octanol–water partition coefficient (Wildman–Crippen LogP) is 3.19. The number of phenols is 1. The van der Waals surface area contributed by atoms with Gasteiger partial charge in [-0.2, -0.15) is 5.10 Å². The molecule has 2 fully saturated rings. The van der Waals surface area contributed by atoms with Gasteiger partial charge in [-0.3, -0.25) is 14.3 Å². The highest BCUT2D eigenvalue weighted by Gasteiger charge is 2.50. The van der Waals surface area contributed by atoms with E-state index in [1.807, 2.05) is 48.5 Å². The quantitative estimate of drug-likeness (QED) is 0.312. The molecule has 3 aromatic carbocycles. The number of carbonyl (C=O) groups is 3. The maximum Gasteiger partial charge on any atom is 0.334 e. The lowest BCUT2D eigenvalue weighted by molar-refractivity contribution is -0.187. The molecule has 1 aromatic heterocycles. The topological polar surface area (TPSA) is 114 Å². The fourth-order valence-electron chi connectivity index (χ4n) is 6.08. The SMILES string of the molecule is C.C#CCn1ncc2c(CN3C[C@H]4N(C(=O)CN(C)N4C(=O)NCc4ccccc4)[C@@H](Cc4ccc(O)cc4)C3=O)cccc21. The van der Waals surface area contributed by atoms with E-state index in [0.717, 1.165) is 27.6 Å². The molecule has 2 N–H and O–H groups in total. The summed E-state index contributed by atoms with van der Waals surface area (Å²) in [7, 11) is 1.70. The molecular formula is C34H37N7O4. The van der Waals surface area contributed by atoms with E-state index < -0.39 is 12.2 Å². The molecule has 11 heteroatoms. The molecule has 0 unspecified atom stereocenters. The zero-order valence-electron chi connectivity index (χ0n) is 24.3. The van der Waals surface area contributed by atoms with Crippen LogP contribution in [0, 0.1) is 12.3 Å². The number of aromatic nitrogens is 2. The van der Waals surface area contributed by atoms with E-state index in [4.69, 9.17) is 6.42 Å². The maximum atomic E-state index is 14.2. The van der Waals surface area contributed by atoms with Gasteiger partial charge in [0.1, 0.15) is 24.5 Å². The summed E-state index contributed by atoms with van der Waals surface area (Å²) in [5.74, 6) is 2.27. The van der Waals surface area contributed by atoms with Crippen molar-refractivity contribution >= 4 is 28.7 Å². The lowest BCUT2D eigenvalue weighted by Crippen LogP contribution is -2.76. The second kappa shape index (κ2) is 13.1. The Morgan fingerprint density at radius 1 is 1.04 bits per heavy atom. The highest BCUT2D eigenvalue weighted by molar-refractivity contribution is 5.92. The van der Waals surface area contributed by atoms with Crippen molar-refractivity contribution in [2.75, 3.05) is 20.1 Å². The van der Waals surface area contributed by atoms with Crippen molar-refractivity contribution in [2.24, 2.45) is 0 Å². The number of phenolic OH excluding ortho intramolecular Hbond substituents is 1.